The predicted octanol–water partition coefficient (Wildman–Crippen LogP) is 4.47. The summed E-state index contributed by atoms with van der Waals surface area (Å²) in [6, 6.07) is 0. The van der Waals surface area contributed by atoms with E-state index >= 15 is 0 Å². The summed E-state index contributed by atoms with van der Waals surface area (Å²) in [5.41, 5.74) is 0. The van der Waals surface area contributed by atoms with E-state index in [0.29, 0.717) is 0 Å². The Balaban J connectivity index is 3.70. The van der Waals surface area contributed by atoms with Crippen LogP contribution in [-0.2, 0) is 0 Å². The van der Waals surface area contributed by atoms with E-state index in [1.165, 1.54) is 25.7 Å². The smallest absolute Gasteiger partial charge is 0.0140 e. The monoisotopic (exact) mass is 186 g/mol. The van der Waals surface area contributed by atoms with Gasteiger partial charge in [0.15, 0.2) is 0 Å². The van der Waals surface area contributed by atoms with Gasteiger partial charge in [0.1, 0.15) is 0 Å². The van der Waals surface area contributed by atoms with E-state index in [4.69, 9.17) is 0 Å². The van der Waals surface area contributed by atoms with Crippen molar-refractivity contribution in [1.82, 2.24) is 0 Å². The third-order valence-corrected chi connectivity index (χ3v) is 2.66. The maximum atomic E-state index is 2.41. The molecule has 0 radical (unpaired) electrons. The van der Waals surface area contributed by atoms with Gasteiger partial charge in [-0.2, -0.15) is 0 Å². The van der Waals surface area contributed by atoms with Crippen LogP contribution in [0.1, 0.15) is 46.5 Å². The summed E-state index contributed by atoms with van der Waals surface area (Å²) in [6.07, 6.45) is 9.75. The Kier molecular flexibility index (Phi) is 7.78. The minimum Gasteiger partial charge on any atom is -0.134 e. The van der Waals surface area contributed by atoms with Crippen LogP contribution in [-0.4, -0.2) is 6.26 Å². The van der Waals surface area contributed by atoms with Crippen molar-refractivity contribution in [3.05, 3.63) is 11.0 Å². The molecule has 0 rings (SSSR count). The van der Waals surface area contributed by atoms with Gasteiger partial charge in [0.25, 0.3) is 0 Å². The van der Waals surface area contributed by atoms with Crippen LogP contribution >= 0.6 is 11.8 Å². The second kappa shape index (κ2) is 7.72. The van der Waals surface area contributed by atoms with Crippen LogP contribution in [0.2, 0.25) is 0 Å². The van der Waals surface area contributed by atoms with Crippen molar-refractivity contribution >= 4 is 11.8 Å². The van der Waals surface area contributed by atoms with Crippen LogP contribution in [0.15, 0.2) is 11.0 Å². The van der Waals surface area contributed by atoms with Crippen molar-refractivity contribution < 1.29 is 0 Å². The van der Waals surface area contributed by atoms with Gasteiger partial charge < -0.3 is 0 Å². The second-order valence-electron chi connectivity index (χ2n) is 3.61. The van der Waals surface area contributed by atoms with Gasteiger partial charge >= 0.3 is 0 Å². The van der Waals surface area contributed by atoms with Crippen LogP contribution in [0.25, 0.3) is 0 Å². The second-order valence-corrected chi connectivity index (χ2v) is 4.55. The van der Waals surface area contributed by atoms with Gasteiger partial charge in [-0.15, -0.1) is 11.8 Å². The first-order valence-corrected chi connectivity index (χ1v) is 6.16. The van der Waals surface area contributed by atoms with Crippen LogP contribution in [0, 0.1) is 5.92 Å². The fraction of sp³-hybridized carbons (Fsp3) is 0.818. The van der Waals surface area contributed by atoms with Gasteiger partial charge in [0.05, 0.1) is 0 Å². The summed E-state index contributed by atoms with van der Waals surface area (Å²) in [5, 5.41) is 0. The molecule has 0 atom stereocenters. The first kappa shape index (κ1) is 12.1. The zero-order valence-electron chi connectivity index (χ0n) is 8.89. The first-order valence-electron chi connectivity index (χ1n) is 4.93. The van der Waals surface area contributed by atoms with E-state index in [-0.39, 0.29) is 0 Å². The molecule has 0 aromatic rings. The van der Waals surface area contributed by atoms with Gasteiger partial charge in [-0.1, -0.05) is 39.7 Å². The Morgan fingerprint density at radius 2 is 2.08 bits per heavy atom. The van der Waals surface area contributed by atoms with E-state index in [0.717, 1.165) is 5.92 Å². The molecule has 0 bridgehead atoms. The quantitative estimate of drug-likeness (QED) is 0.551. The summed E-state index contributed by atoms with van der Waals surface area (Å²) >= 11 is 1.91. The lowest BCUT2D eigenvalue weighted by Gasteiger charge is -2.06. The Hall–Kier alpha value is 0.0900. The fourth-order valence-corrected chi connectivity index (χ4v) is 1.90. The highest BCUT2D eigenvalue weighted by Crippen LogP contribution is 2.21. The molecule has 0 saturated heterocycles. The molecule has 12 heavy (non-hydrogen) atoms. The van der Waals surface area contributed by atoms with Gasteiger partial charge in [-0.05, 0) is 29.9 Å². The zero-order valence-corrected chi connectivity index (χ0v) is 9.71. The van der Waals surface area contributed by atoms with Gasteiger partial charge in [-0.25, -0.2) is 0 Å². The molecule has 72 valence electrons. The molecule has 0 heterocycles. The molecule has 0 fully saturated rings. The summed E-state index contributed by atoms with van der Waals surface area (Å²) in [7, 11) is 0. The van der Waals surface area contributed by atoms with E-state index in [1.807, 2.05) is 11.8 Å². The van der Waals surface area contributed by atoms with E-state index in [9.17, 15) is 0 Å². The standard InChI is InChI=1S/C11H22S/c1-5-6-7-8-11(12-4)9-10(2)3/h8,10H,5-7,9H2,1-4H3/b11-8-. The number of hydrogen-bond acceptors (Lipinski definition) is 1. The molecule has 0 aromatic carbocycles. The average Bonchev–Trinajstić information content (AvgIpc) is 2.02. The molecule has 0 aliphatic heterocycles. The third kappa shape index (κ3) is 6.78. The molecule has 0 aliphatic carbocycles. The summed E-state index contributed by atoms with van der Waals surface area (Å²) in [5.74, 6) is 0.797. The Morgan fingerprint density at radius 3 is 2.50 bits per heavy atom. The SMILES string of the molecule is CCCC/C=C(/CC(C)C)SC. The van der Waals surface area contributed by atoms with Crippen molar-refractivity contribution in [2.24, 2.45) is 5.92 Å². The highest BCUT2D eigenvalue weighted by atomic mass is 32.2. The summed E-state index contributed by atoms with van der Waals surface area (Å²) < 4.78 is 0. The van der Waals surface area contributed by atoms with Gasteiger partial charge in [-0.3, -0.25) is 0 Å². The lowest BCUT2D eigenvalue weighted by atomic mass is 10.1. The maximum Gasteiger partial charge on any atom is -0.0140 e. The number of rotatable bonds is 6. The van der Waals surface area contributed by atoms with E-state index in [1.54, 1.807) is 4.91 Å². The predicted molar refractivity (Wildman–Crippen MR) is 60.6 cm³/mol. The molecular weight excluding hydrogens is 164 g/mol. The number of thioether (sulfide) groups is 1. The number of allylic oxidation sites excluding steroid dienone is 2. The zero-order chi connectivity index (χ0) is 9.40. The highest BCUT2D eigenvalue weighted by Gasteiger charge is 1.98. The van der Waals surface area contributed by atoms with Crippen molar-refractivity contribution in [1.29, 1.82) is 0 Å². The molecule has 0 N–H and O–H groups in total. The Morgan fingerprint density at radius 1 is 1.42 bits per heavy atom. The molecular formula is C11H22S. The van der Waals surface area contributed by atoms with Crippen LogP contribution in [0.5, 0.6) is 0 Å². The Labute approximate surface area is 81.8 Å². The van der Waals surface area contributed by atoms with Crippen LogP contribution in [0.3, 0.4) is 0 Å². The highest BCUT2D eigenvalue weighted by molar-refractivity contribution is 8.02. The molecule has 0 spiro atoms. The molecule has 1 heteroatoms. The fourth-order valence-electron chi connectivity index (χ4n) is 1.12. The van der Waals surface area contributed by atoms with Crippen molar-refractivity contribution in [3.8, 4) is 0 Å². The minimum absolute atomic E-state index is 0.797. The van der Waals surface area contributed by atoms with Gasteiger partial charge in [0.2, 0.25) is 0 Å². The summed E-state index contributed by atoms with van der Waals surface area (Å²) in [4.78, 5) is 1.57. The topological polar surface area (TPSA) is 0 Å². The third-order valence-electron chi connectivity index (χ3n) is 1.80. The van der Waals surface area contributed by atoms with Crippen molar-refractivity contribution in [2.75, 3.05) is 6.26 Å². The number of unbranched alkanes of at least 4 members (excludes halogenated alkanes) is 2. The maximum absolute atomic E-state index is 2.41. The number of hydrogen-bond donors (Lipinski definition) is 0. The van der Waals surface area contributed by atoms with E-state index < -0.39 is 0 Å². The van der Waals surface area contributed by atoms with Gasteiger partial charge in [0, 0.05) is 0 Å². The van der Waals surface area contributed by atoms with Crippen LogP contribution < -0.4 is 0 Å². The molecule has 0 nitrogen and oxygen atoms in total. The first-order chi connectivity index (χ1) is 5.70. The normalized spacial score (nSPS) is 12.6. The molecule has 0 unspecified atom stereocenters. The molecule has 0 saturated carbocycles. The average molecular weight is 186 g/mol. The molecule has 0 aromatic heterocycles. The molecule has 0 amide bonds. The summed E-state index contributed by atoms with van der Waals surface area (Å²) in [6.45, 7) is 6.81. The van der Waals surface area contributed by atoms with E-state index in [2.05, 4.69) is 33.1 Å². The lowest BCUT2D eigenvalue weighted by molar-refractivity contribution is 0.656. The minimum atomic E-state index is 0.797. The van der Waals surface area contributed by atoms with Crippen molar-refractivity contribution in [3.63, 3.8) is 0 Å². The molecule has 0 aliphatic rings. The Bertz CT molecular complexity index is 125. The van der Waals surface area contributed by atoms with Crippen molar-refractivity contribution in [2.45, 2.75) is 46.5 Å². The largest absolute Gasteiger partial charge is 0.134 e. The lowest BCUT2D eigenvalue weighted by Crippen LogP contribution is -1.88. The van der Waals surface area contributed by atoms with Crippen LogP contribution in [0.4, 0.5) is 0 Å².